The van der Waals surface area contributed by atoms with Crippen LogP contribution in [0, 0.1) is 11.3 Å². The minimum atomic E-state index is 0.306. The van der Waals surface area contributed by atoms with Gasteiger partial charge in [-0.1, -0.05) is 22.4 Å². The molecule has 0 aliphatic heterocycles. The lowest BCUT2D eigenvalue weighted by molar-refractivity contribution is 0.132. The van der Waals surface area contributed by atoms with E-state index in [1.54, 1.807) is 31.2 Å². The highest BCUT2D eigenvalue weighted by Crippen LogP contribution is 2.04. The SMILES string of the molecule is CC(/C=N/OCc1ccc(C#N)cc1)=N\O. The average molecular weight is 217 g/mol. The van der Waals surface area contributed by atoms with Crippen LogP contribution in [-0.2, 0) is 11.4 Å². The molecule has 1 rings (SSSR count). The summed E-state index contributed by atoms with van der Waals surface area (Å²) >= 11 is 0. The van der Waals surface area contributed by atoms with Crippen LogP contribution in [-0.4, -0.2) is 17.1 Å². The summed E-state index contributed by atoms with van der Waals surface area (Å²) in [5, 5.41) is 23.4. The van der Waals surface area contributed by atoms with Crippen molar-refractivity contribution in [3.05, 3.63) is 35.4 Å². The number of hydrogen-bond acceptors (Lipinski definition) is 5. The maximum Gasteiger partial charge on any atom is 0.142 e. The van der Waals surface area contributed by atoms with Crippen molar-refractivity contribution in [1.29, 1.82) is 5.26 Å². The molecule has 16 heavy (non-hydrogen) atoms. The van der Waals surface area contributed by atoms with Crippen LogP contribution >= 0.6 is 0 Å². The van der Waals surface area contributed by atoms with Crippen LogP contribution in [0.25, 0.3) is 0 Å². The van der Waals surface area contributed by atoms with Gasteiger partial charge in [0.05, 0.1) is 23.6 Å². The quantitative estimate of drug-likeness (QED) is 0.475. The van der Waals surface area contributed by atoms with Crippen molar-refractivity contribution in [2.45, 2.75) is 13.5 Å². The summed E-state index contributed by atoms with van der Waals surface area (Å²) < 4.78 is 0. The summed E-state index contributed by atoms with van der Waals surface area (Å²) in [6, 6.07) is 9.04. The Kier molecular flexibility index (Phi) is 4.54. The van der Waals surface area contributed by atoms with Gasteiger partial charge in [0.2, 0.25) is 0 Å². The first kappa shape index (κ1) is 11.7. The van der Waals surface area contributed by atoms with Gasteiger partial charge in [-0.25, -0.2) is 0 Å². The van der Waals surface area contributed by atoms with Gasteiger partial charge in [0.1, 0.15) is 6.61 Å². The molecule has 0 spiro atoms. The van der Waals surface area contributed by atoms with E-state index in [1.165, 1.54) is 6.21 Å². The summed E-state index contributed by atoms with van der Waals surface area (Å²) in [4.78, 5) is 4.96. The largest absolute Gasteiger partial charge is 0.411 e. The van der Waals surface area contributed by atoms with Gasteiger partial charge >= 0.3 is 0 Å². The molecule has 0 saturated heterocycles. The maximum atomic E-state index is 8.59. The van der Waals surface area contributed by atoms with Crippen LogP contribution in [0.15, 0.2) is 34.6 Å². The van der Waals surface area contributed by atoms with E-state index in [2.05, 4.69) is 10.3 Å². The fraction of sp³-hybridized carbons (Fsp3) is 0.182. The molecule has 1 aromatic carbocycles. The van der Waals surface area contributed by atoms with Gasteiger partial charge in [-0.2, -0.15) is 5.26 Å². The molecule has 5 nitrogen and oxygen atoms in total. The van der Waals surface area contributed by atoms with E-state index in [-0.39, 0.29) is 0 Å². The molecule has 0 unspecified atom stereocenters. The van der Waals surface area contributed by atoms with E-state index >= 15 is 0 Å². The third-order valence-electron chi connectivity index (χ3n) is 1.79. The molecule has 0 amide bonds. The third kappa shape index (κ3) is 3.80. The van der Waals surface area contributed by atoms with E-state index in [1.807, 2.05) is 6.07 Å². The normalized spacial score (nSPS) is 11.4. The van der Waals surface area contributed by atoms with Crippen molar-refractivity contribution in [3.63, 3.8) is 0 Å². The number of benzene rings is 1. The zero-order valence-electron chi connectivity index (χ0n) is 8.79. The Balaban J connectivity index is 2.44. The van der Waals surface area contributed by atoms with Gasteiger partial charge in [-0.05, 0) is 24.6 Å². The number of rotatable bonds is 4. The van der Waals surface area contributed by atoms with E-state index in [9.17, 15) is 0 Å². The fourth-order valence-electron chi connectivity index (χ4n) is 0.927. The van der Waals surface area contributed by atoms with Gasteiger partial charge in [0, 0.05) is 0 Å². The van der Waals surface area contributed by atoms with Gasteiger partial charge < -0.3 is 10.0 Å². The van der Waals surface area contributed by atoms with E-state index < -0.39 is 0 Å². The van der Waals surface area contributed by atoms with Gasteiger partial charge in [-0.3, -0.25) is 0 Å². The van der Waals surface area contributed by atoms with E-state index in [0.29, 0.717) is 17.9 Å². The molecule has 5 heteroatoms. The van der Waals surface area contributed by atoms with Crippen molar-refractivity contribution < 1.29 is 10.0 Å². The first-order valence-electron chi connectivity index (χ1n) is 4.59. The van der Waals surface area contributed by atoms with Crippen molar-refractivity contribution in [2.75, 3.05) is 0 Å². The van der Waals surface area contributed by atoms with Crippen molar-refractivity contribution in [2.24, 2.45) is 10.3 Å². The highest BCUT2D eigenvalue weighted by Gasteiger charge is 1.93. The lowest BCUT2D eigenvalue weighted by atomic mass is 10.2. The maximum absolute atomic E-state index is 8.59. The standard InChI is InChI=1S/C11H11N3O2/c1-9(14-15)7-13-16-8-11-4-2-10(6-12)3-5-11/h2-5,7,15H,8H2,1H3/b13-7+,14-9+. The first-order chi connectivity index (χ1) is 7.76. The second-order valence-electron chi connectivity index (χ2n) is 3.06. The molecule has 82 valence electrons. The summed E-state index contributed by atoms with van der Waals surface area (Å²) in [6.07, 6.45) is 1.31. The van der Waals surface area contributed by atoms with Crippen LogP contribution < -0.4 is 0 Å². The monoisotopic (exact) mass is 217 g/mol. The molecule has 0 radical (unpaired) electrons. The molecule has 0 aliphatic carbocycles. The molecule has 1 N–H and O–H groups in total. The molecular formula is C11H11N3O2. The predicted octanol–water partition coefficient (Wildman–Crippen LogP) is 1.91. The molecule has 0 fully saturated rings. The average Bonchev–Trinajstić information content (AvgIpc) is 2.35. The second kappa shape index (κ2) is 6.19. The molecule has 0 heterocycles. The summed E-state index contributed by atoms with van der Waals surface area (Å²) in [7, 11) is 0. The molecule has 0 aromatic heterocycles. The Bertz CT molecular complexity index is 430. The highest BCUT2D eigenvalue weighted by atomic mass is 16.6. The van der Waals surface area contributed by atoms with E-state index in [4.69, 9.17) is 15.3 Å². The van der Waals surface area contributed by atoms with Crippen LogP contribution in [0.4, 0.5) is 0 Å². The summed E-state index contributed by atoms with van der Waals surface area (Å²) in [6.45, 7) is 1.90. The first-order valence-corrected chi connectivity index (χ1v) is 4.59. The number of oxime groups is 2. The van der Waals surface area contributed by atoms with Gasteiger partial charge in [0.15, 0.2) is 0 Å². The van der Waals surface area contributed by atoms with Crippen LogP contribution in [0.1, 0.15) is 18.1 Å². The molecule has 0 aliphatic rings. The molecular weight excluding hydrogens is 206 g/mol. The molecule has 0 saturated carbocycles. The van der Waals surface area contributed by atoms with Crippen LogP contribution in [0.5, 0.6) is 0 Å². The minimum absolute atomic E-state index is 0.306. The zero-order valence-corrected chi connectivity index (χ0v) is 8.79. The summed E-state index contributed by atoms with van der Waals surface area (Å²) in [5.74, 6) is 0. The van der Waals surface area contributed by atoms with E-state index in [0.717, 1.165) is 5.56 Å². The molecule has 1 aromatic rings. The smallest absolute Gasteiger partial charge is 0.142 e. The van der Waals surface area contributed by atoms with Crippen molar-refractivity contribution >= 4 is 11.9 Å². The Morgan fingerprint density at radius 1 is 1.50 bits per heavy atom. The van der Waals surface area contributed by atoms with Crippen LogP contribution in [0.3, 0.4) is 0 Å². The number of hydrogen-bond donors (Lipinski definition) is 1. The van der Waals surface area contributed by atoms with Gasteiger partial charge in [-0.15, -0.1) is 0 Å². The topological polar surface area (TPSA) is 78.0 Å². The third-order valence-corrected chi connectivity index (χ3v) is 1.79. The Morgan fingerprint density at radius 3 is 2.75 bits per heavy atom. The second-order valence-corrected chi connectivity index (χ2v) is 3.06. The Labute approximate surface area is 93.3 Å². The Hall–Kier alpha value is -2.35. The van der Waals surface area contributed by atoms with Crippen LogP contribution in [0.2, 0.25) is 0 Å². The van der Waals surface area contributed by atoms with Crippen molar-refractivity contribution in [1.82, 2.24) is 0 Å². The van der Waals surface area contributed by atoms with Crippen molar-refractivity contribution in [3.8, 4) is 6.07 Å². The lowest BCUT2D eigenvalue weighted by Crippen LogP contribution is -1.94. The fourth-order valence-corrected chi connectivity index (χ4v) is 0.927. The number of nitrogens with zero attached hydrogens (tertiary/aromatic N) is 3. The zero-order chi connectivity index (χ0) is 11.8. The molecule has 0 atom stereocenters. The summed E-state index contributed by atoms with van der Waals surface area (Å²) in [5.41, 5.74) is 1.88. The number of nitriles is 1. The lowest BCUT2D eigenvalue weighted by Gasteiger charge is -1.99. The van der Waals surface area contributed by atoms with Gasteiger partial charge in [0.25, 0.3) is 0 Å². The molecule has 0 bridgehead atoms. The minimum Gasteiger partial charge on any atom is -0.411 e. The Morgan fingerprint density at radius 2 is 2.19 bits per heavy atom. The predicted molar refractivity (Wildman–Crippen MR) is 59.3 cm³/mol. The highest BCUT2D eigenvalue weighted by molar-refractivity contribution is 6.29.